The van der Waals surface area contributed by atoms with Crippen LogP contribution >= 0.6 is 0 Å². The minimum Gasteiger partial charge on any atom is -0.374 e. The van der Waals surface area contributed by atoms with Gasteiger partial charge in [0.1, 0.15) is 5.84 Å². The summed E-state index contributed by atoms with van der Waals surface area (Å²) >= 11 is 0. The van der Waals surface area contributed by atoms with E-state index in [0.717, 1.165) is 46.8 Å². The minimum absolute atomic E-state index is 0.0347. The number of amidine groups is 1. The van der Waals surface area contributed by atoms with E-state index < -0.39 is 0 Å². The maximum atomic E-state index is 5.43. The SMILES string of the molecule is C1=C(c2cccc(-c3ccccc3)c2)N=C(c2cccc(-c3cc4c(c5c3=CCCC=5)C(c3ccccc3)=CC(c3ccccc3)N4)c2)NC1c1cccc(-c2ccccc2)c1. The maximum absolute atomic E-state index is 5.43. The molecule has 0 amide bonds. The molecule has 11 rings (SSSR count). The standard InChI is InChI=1S/C59H45N3/c1-5-18-40(19-6-1)44-26-15-29-47(34-44)55-39-56(48-30-16-27-45(35-48)41-20-7-2-8-21-41)62-59(61-55)49-31-17-28-46(36-49)52-37-57-58(51-33-14-13-32-50(51)52)53(42-22-9-3-10-23-42)38-54(60-57)43-24-11-4-12-25-43/h1-12,15-39,54-55,60H,13-14H2,(H,61,62). The highest BCUT2D eigenvalue weighted by Gasteiger charge is 2.26. The zero-order valence-corrected chi connectivity index (χ0v) is 34.4. The molecule has 0 bridgehead atoms. The van der Waals surface area contributed by atoms with Crippen LogP contribution in [0.3, 0.4) is 0 Å². The number of nitrogens with one attached hydrogen (secondary N) is 2. The molecule has 2 aliphatic heterocycles. The van der Waals surface area contributed by atoms with Gasteiger partial charge in [-0.2, -0.15) is 0 Å². The monoisotopic (exact) mass is 795 g/mol. The van der Waals surface area contributed by atoms with Gasteiger partial charge in [-0.25, -0.2) is 4.99 Å². The van der Waals surface area contributed by atoms with Crippen LogP contribution in [0, 0.1) is 0 Å². The summed E-state index contributed by atoms with van der Waals surface area (Å²) < 4.78 is 0. The molecule has 2 unspecified atom stereocenters. The first-order valence-corrected chi connectivity index (χ1v) is 21.7. The van der Waals surface area contributed by atoms with Gasteiger partial charge in [0.25, 0.3) is 0 Å². The van der Waals surface area contributed by atoms with Crippen LogP contribution in [0.1, 0.15) is 58.3 Å². The highest BCUT2D eigenvalue weighted by atomic mass is 15.0. The van der Waals surface area contributed by atoms with Crippen LogP contribution in [0.15, 0.2) is 217 Å². The van der Waals surface area contributed by atoms with Crippen molar-refractivity contribution in [1.29, 1.82) is 0 Å². The predicted molar refractivity (Wildman–Crippen MR) is 260 cm³/mol. The van der Waals surface area contributed by atoms with Crippen LogP contribution in [0.4, 0.5) is 5.69 Å². The lowest BCUT2D eigenvalue weighted by Gasteiger charge is -2.29. The molecular weight excluding hydrogens is 751 g/mol. The van der Waals surface area contributed by atoms with E-state index in [0.29, 0.717) is 0 Å². The van der Waals surface area contributed by atoms with E-state index in [1.807, 2.05) is 0 Å². The molecule has 3 aliphatic rings. The molecule has 8 aromatic rings. The lowest BCUT2D eigenvalue weighted by molar-refractivity contribution is 0.781. The van der Waals surface area contributed by atoms with Crippen LogP contribution in [-0.4, -0.2) is 5.84 Å². The fraction of sp³-hybridized carbons (Fsp3) is 0.0678. The number of hydrogen-bond acceptors (Lipinski definition) is 3. The Kier molecular flexibility index (Phi) is 9.84. The van der Waals surface area contributed by atoms with Gasteiger partial charge in [0.05, 0.1) is 17.8 Å². The first kappa shape index (κ1) is 37.3. The molecular formula is C59H45N3. The lowest BCUT2D eigenvalue weighted by Crippen LogP contribution is -2.35. The van der Waals surface area contributed by atoms with E-state index in [1.165, 1.54) is 66.1 Å². The molecule has 3 nitrogen and oxygen atoms in total. The Morgan fingerprint density at radius 3 is 1.61 bits per heavy atom. The molecule has 296 valence electrons. The summed E-state index contributed by atoms with van der Waals surface area (Å²) in [5.74, 6) is 0.850. The normalized spacial score (nSPS) is 16.4. The first-order chi connectivity index (χ1) is 30.7. The van der Waals surface area contributed by atoms with Gasteiger partial charge >= 0.3 is 0 Å². The number of rotatable bonds is 8. The molecule has 2 heterocycles. The second-order valence-corrected chi connectivity index (χ2v) is 16.3. The van der Waals surface area contributed by atoms with Gasteiger partial charge in [-0.15, -0.1) is 0 Å². The van der Waals surface area contributed by atoms with E-state index in [9.17, 15) is 0 Å². The van der Waals surface area contributed by atoms with Gasteiger partial charge in [0.15, 0.2) is 0 Å². The van der Waals surface area contributed by atoms with Gasteiger partial charge in [0.2, 0.25) is 0 Å². The smallest absolute Gasteiger partial charge is 0.134 e. The summed E-state index contributed by atoms with van der Waals surface area (Å²) in [4.78, 5) is 5.43. The molecule has 0 radical (unpaired) electrons. The van der Waals surface area contributed by atoms with E-state index in [4.69, 9.17) is 4.99 Å². The van der Waals surface area contributed by atoms with Crippen LogP contribution in [0.2, 0.25) is 0 Å². The summed E-state index contributed by atoms with van der Waals surface area (Å²) in [6.45, 7) is 0. The van der Waals surface area contributed by atoms with Gasteiger partial charge in [-0.1, -0.05) is 188 Å². The first-order valence-electron chi connectivity index (χ1n) is 21.7. The fourth-order valence-electron chi connectivity index (χ4n) is 9.30. The number of fused-ring (bicyclic) bond motifs is 3. The van der Waals surface area contributed by atoms with Crippen molar-refractivity contribution in [2.45, 2.75) is 24.9 Å². The van der Waals surface area contributed by atoms with Crippen molar-refractivity contribution in [3.63, 3.8) is 0 Å². The van der Waals surface area contributed by atoms with Gasteiger partial charge in [-0.05, 0) is 115 Å². The molecule has 0 saturated heterocycles. The van der Waals surface area contributed by atoms with Crippen molar-refractivity contribution in [2.24, 2.45) is 4.99 Å². The van der Waals surface area contributed by atoms with Gasteiger partial charge in [0, 0.05) is 22.4 Å². The lowest BCUT2D eigenvalue weighted by atomic mass is 9.84. The second-order valence-electron chi connectivity index (χ2n) is 16.3. The third-order valence-corrected chi connectivity index (χ3v) is 12.3. The van der Waals surface area contributed by atoms with E-state index in [1.54, 1.807) is 0 Å². The van der Waals surface area contributed by atoms with Crippen LogP contribution in [-0.2, 0) is 0 Å². The quantitative estimate of drug-likeness (QED) is 0.161. The average molecular weight is 796 g/mol. The van der Waals surface area contributed by atoms with Crippen molar-refractivity contribution in [3.05, 3.63) is 256 Å². The Labute approximate surface area is 363 Å². The zero-order valence-electron chi connectivity index (χ0n) is 34.4. The van der Waals surface area contributed by atoms with Crippen LogP contribution in [0.5, 0.6) is 0 Å². The van der Waals surface area contributed by atoms with Crippen LogP contribution < -0.4 is 21.1 Å². The topological polar surface area (TPSA) is 36.4 Å². The number of benzene rings is 8. The minimum atomic E-state index is -0.105. The Balaban J connectivity index is 1.03. The summed E-state index contributed by atoms with van der Waals surface area (Å²) in [5.41, 5.74) is 17.6. The second kappa shape index (κ2) is 16.4. The van der Waals surface area contributed by atoms with Gasteiger partial charge < -0.3 is 10.6 Å². The van der Waals surface area contributed by atoms with Crippen molar-refractivity contribution < 1.29 is 0 Å². The molecule has 0 spiro atoms. The number of hydrogen-bond donors (Lipinski definition) is 2. The molecule has 62 heavy (non-hydrogen) atoms. The summed E-state index contributed by atoms with van der Waals surface area (Å²) in [6, 6.07) is 71.8. The third kappa shape index (κ3) is 7.29. The highest BCUT2D eigenvalue weighted by molar-refractivity contribution is 6.04. The molecule has 2 N–H and O–H groups in total. The molecule has 0 aromatic heterocycles. The molecule has 8 aromatic carbocycles. The van der Waals surface area contributed by atoms with E-state index in [2.05, 4.69) is 235 Å². The highest BCUT2D eigenvalue weighted by Crippen LogP contribution is 2.39. The van der Waals surface area contributed by atoms with E-state index >= 15 is 0 Å². The summed E-state index contributed by atoms with van der Waals surface area (Å²) in [7, 11) is 0. The van der Waals surface area contributed by atoms with Crippen molar-refractivity contribution >= 4 is 34.9 Å². The number of aliphatic imine (C=N–C) groups is 1. The van der Waals surface area contributed by atoms with Crippen molar-refractivity contribution in [1.82, 2.24) is 5.32 Å². The van der Waals surface area contributed by atoms with Crippen molar-refractivity contribution in [2.75, 3.05) is 5.32 Å². The zero-order chi connectivity index (χ0) is 41.2. The van der Waals surface area contributed by atoms with E-state index in [-0.39, 0.29) is 12.1 Å². The predicted octanol–water partition coefficient (Wildman–Crippen LogP) is 12.8. The Morgan fingerprint density at radius 2 is 0.903 bits per heavy atom. The third-order valence-electron chi connectivity index (χ3n) is 12.3. The Morgan fingerprint density at radius 1 is 0.387 bits per heavy atom. The maximum Gasteiger partial charge on any atom is 0.134 e. The van der Waals surface area contributed by atoms with Crippen LogP contribution in [0.25, 0.3) is 56.8 Å². The Hall–Kier alpha value is -7.75. The summed E-state index contributed by atoms with van der Waals surface area (Å²) in [6.07, 6.45) is 11.6. The average Bonchev–Trinajstić information content (AvgIpc) is 3.37. The molecule has 2 atom stereocenters. The van der Waals surface area contributed by atoms with Crippen molar-refractivity contribution in [3.8, 4) is 33.4 Å². The number of anilines is 1. The summed E-state index contributed by atoms with van der Waals surface area (Å²) in [5, 5.41) is 10.5. The Bertz CT molecular complexity index is 3160. The number of nitrogens with zero attached hydrogens (tertiary/aromatic N) is 1. The van der Waals surface area contributed by atoms with Gasteiger partial charge in [-0.3, -0.25) is 0 Å². The molecule has 0 fully saturated rings. The molecule has 1 aliphatic carbocycles. The molecule has 3 heteroatoms. The fourth-order valence-corrected chi connectivity index (χ4v) is 9.30. The largest absolute Gasteiger partial charge is 0.374 e. The molecule has 0 saturated carbocycles.